The minimum atomic E-state index is -0.505. The molecule has 1 saturated heterocycles. The summed E-state index contributed by atoms with van der Waals surface area (Å²) in [4.78, 5) is 27.0. The van der Waals surface area contributed by atoms with Gasteiger partial charge < -0.3 is 14.4 Å². The van der Waals surface area contributed by atoms with E-state index in [4.69, 9.17) is 21.7 Å². The van der Waals surface area contributed by atoms with Crippen molar-refractivity contribution >= 4 is 29.0 Å². The van der Waals surface area contributed by atoms with Crippen molar-refractivity contribution in [2.45, 2.75) is 38.1 Å². The molecule has 1 fully saturated rings. The number of piperidine rings is 1. The summed E-state index contributed by atoms with van der Waals surface area (Å²) >= 11 is 5.49. The van der Waals surface area contributed by atoms with Gasteiger partial charge in [-0.25, -0.2) is 0 Å². The minimum absolute atomic E-state index is 0.324. The lowest BCUT2D eigenvalue weighted by atomic mass is 10.0. The minimum Gasteiger partial charge on any atom is -0.497 e. The average Bonchev–Trinajstić information content (AvgIpc) is 2.81. The van der Waals surface area contributed by atoms with Gasteiger partial charge in [-0.1, -0.05) is 42.5 Å². The van der Waals surface area contributed by atoms with Gasteiger partial charge in [0.25, 0.3) is 5.91 Å². The molecular weight excluding hydrogens is 398 g/mol. The van der Waals surface area contributed by atoms with E-state index in [1.54, 1.807) is 36.3 Å². The molecule has 1 aliphatic rings. The smallest absolute Gasteiger partial charge is 0.295 e. The van der Waals surface area contributed by atoms with Crippen molar-refractivity contribution < 1.29 is 19.1 Å². The first-order valence-corrected chi connectivity index (χ1v) is 10.7. The van der Waals surface area contributed by atoms with E-state index >= 15 is 0 Å². The Morgan fingerprint density at radius 3 is 2.50 bits per heavy atom. The van der Waals surface area contributed by atoms with E-state index in [9.17, 15) is 9.59 Å². The van der Waals surface area contributed by atoms with Gasteiger partial charge in [-0.3, -0.25) is 9.59 Å². The summed E-state index contributed by atoms with van der Waals surface area (Å²) in [5.74, 6) is -0.164. The molecule has 6 heteroatoms. The Kier molecular flexibility index (Phi) is 7.97. The lowest BCUT2D eigenvalue weighted by Gasteiger charge is -2.35. The maximum absolute atomic E-state index is 12.8. The topological polar surface area (TPSA) is 55.8 Å². The van der Waals surface area contributed by atoms with Crippen LogP contribution in [0.2, 0.25) is 0 Å². The molecular formula is C24H27NO4S. The second kappa shape index (κ2) is 10.9. The van der Waals surface area contributed by atoms with Gasteiger partial charge in [0.15, 0.2) is 5.05 Å². The Labute approximate surface area is 183 Å². The number of rotatable bonds is 8. The number of carbonyl (C=O) groups is 2. The molecule has 3 rings (SSSR count). The second-order valence-corrected chi connectivity index (χ2v) is 7.73. The average molecular weight is 426 g/mol. The van der Waals surface area contributed by atoms with Crippen LogP contribution in [-0.4, -0.2) is 47.9 Å². The van der Waals surface area contributed by atoms with Gasteiger partial charge in [0.1, 0.15) is 11.8 Å². The van der Waals surface area contributed by atoms with Crippen molar-refractivity contribution in [2.24, 2.45) is 0 Å². The molecule has 0 saturated carbocycles. The first kappa shape index (κ1) is 22.0. The fraction of sp³-hybridized carbons (Fsp3) is 0.375. The Morgan fingerprint density at radius 1 is 1.07 bits per heavy atom. The summed E-state index contributed by atoms with van der Waals surface area (Å²) in [7, 11) is 1.65. The Balaban J connectivity index is 1.52. The Bertz CT molecular complexity index is 867. The van der Waals surface area contributed by atoms with E-state index in [1.807, 2.05) is 30.3 Å². The monoisotopic (exact) mass is 425 g/mol. The summed E-state index contributed by atoms with van der Waals surface area (Å²) in [5, 5.41) is 0.402. The molecule has 0 N–H and O–H groups in total. The van der Waals surface area contributed by atoms with Crippen LogP contribution in [0.3, 0.4) is 0 Å². The zero-order valence-corrected chi connectivity index (χ0v) is 18.0. The Morgan fingerprint density at radius 2 is 1.80 bits per heavy atom. The van der Waals surface area contributed by atoms with Crippen molar-refractivity contribution in [1.29, 1.82) is 0 Å². The maximum atomic E-state index is 12.8. The molecule has 30 heavy (non-hydrogen) atoms. The van der Waals surface area contributed by atoms with Crippen LogP contribution in [0.5, 0.6) is 5.75 Å². The summed E-state index contributed by atoms with van der Waals surface area (Å²) in [5.41, 5.74) is 1.60. The molecule has 2 aromatic rings. The van der Waals surface area contributed by atoms with Crippen LogP contribution in [0.4, 0.5) is 0 Å². The van der Waals surface area contributed by atoms with Gasteiger partial charge in [0, 0.05) is 12.1 Å². The van der Waals surface area contributed by atoms with Crippen LogP contribution in [0.25, 0.3) is 0 Å². The van der Waals surface area contributed by atoms with E-state index < -0.39 is 11.7 Å². The first-order chi connectivity index (χ1) is 14.6. The second-order valence-electron chi connectivity index (χ2n) is 7.32. The van der Waals surface area contributed by atoms with Crippen molar-refractivity contribution in [3.05, 3.63) is 65.7 Å². The number of thiocarbonyl (C=S) groups is 1. The molecule has 1 atom stereocenters. The highest BCUT2D eigenvalue weighted by atomic mass is 32.1. The number of hydrogen-bond donors (Lipinski definition) is 0. The van der Waals surface area contributed by atoms with Gasteiger partial charge in [0.05, 0.1) is 13.7 Å². The molecule has 0 bridgehead atoms. The standard InChI is InChI=1S/C24H27NO4S/c1-28-20-14-12-18(13-15-20)8-7-17-29-24(30)21-11-5-6-16-25(21)23(27)22(26)19-9-3-2-4-10-19/h2-4,9-10,12-15,21H,5-8,11,16-17H2,1H3. The number of likely N-dealkylation sites (tertiary alicyclic amines) is 1. The number of benzene rings is 2. The number of ketones is 1. The number of Topliss-reactive ketones (excluding diaryl/α,β-unsaturated/α-hetero) is 1. The Hall–Kier alpha value is -2.73. The van der Waals surface area contributed by atoms with Crippen LogP contribution in [-0.2, 0) is 16.0 Å². The zero-order valence-electron chi connectivity index (χ0n) is 17.2. The highest BCUT2D eigenvalue weighted by Gasteiger charge is 2.34. The van der Waals surface area contributed by atoms with Gasteiger partial charge in [0.2, 0.25) is 5.78 Å². The summed E-state index contributed by atoms with van der Waals surface area (Å²) in [6, 6.07) is 16.3. The van der Waals surface area contributed by atoms with Crippen molar-refractivity contribution in [2.75, 3.05) is 20.3 Å². The van der Waals surface area contributed by atoms with Crippen LogP contribution in [0.1, 0.15) is 41.6 Å². The number of methoxy groups -OCH3 is 1. The molecule has 1 heterocycles. The first-order valence-electron chi connectivity index (χ1n) is 10.3. The number of hydrogen-bond acceptors (Lipinski definition) is 5. The third-order valence-corrected chi connectivity index (χ3v) is 5.67. The summed E-state index contributed by atoms with van der Waals surface area (Å²) in [6.45, 7) is 1.01. The number of amides is 1. The van der Waals surface area contributed by atoms with E-state index in [2.05, 4.69) is 0 Å². The van der Waals surface area contributed by atoms with Crippen LogP contribution in [0.15, 0.2) is 54.6 Å². The normalized spacial score (nSPS) is 16.0. The lowest BCUT2D eigenvalue weighted by molar-refractivity contribution is -0.128. The van der Waals surface area contributed by atoms with Gasteiger partial charge in [-0.15, -0.1) is 0 Å². The molecule has 1 amide bonds. The number of ether oxygens (including phenoxy) is 2. The largest absolute Gasteiger partial charge is 0.497 e. The SMILES string of the molecule is COc1ccc(CCCOC(=S)C2CCCCN2C(=O)C(=O)c2ccccc2)cc1. The molecule has 5 nitrogen and oxygen atoms in total. The fourth-order valence-corrected chi connectivity index (χ4v) is 3.93. The van der Waals surface area contributed by atoms with Gasteiger partial charge in [-0.05, 0) is 62.0 Å². The molecule has 0 radical (unpaired) electrons. The summed E-state index contributed by atoms with van der Waals surface area (Å²) < 4.78 is 11.0. The zero-order chi connectivity index (χ0) is 21.3. The van der Waals surface area contributed by atoms with Crippen molar-refractivity contribution in [3.8, 4) is 5.75 Å². The van der Waals surface area contributed by atoms with Crippen molar-refractivity contribution in [1.82, 2.24) is 4.90 Å². The van der Waals surface area contributed by atoms with E-state index in [1.165, 1.54) is 5.56 Å². The molecule has 158 valence electrons. The van der Waals surface area contributed by atoms with Crippen LogP contribution in [0, 0.1) is 0 Å². The van der Waals surface area contributed by atoms with E-state index in [0.29, 0.717) is 23.8 Å². The predicted molar refractivity (Wildman–Crippen MR) is 120 cm³/mol. The molecule has 0 aromatic heterocycles. The third kappa shape index (κ3) is 5.66. The number of nitrogens with zero attached hydrogens (tertiary/aromatic N) is 1. The molecule has 0 spiro atoms. The molecule has 2 aromatic carbocycles. The maximum Gasteiger partial charge on any atom is 0.295 e. The highest BCUT2D eigenvalue weighted by Crippen LogP contribution is 2.21. The van der Waals surface area contributed by atoms with Crippen LogP contribution < -0.4 is 4.74 Å². The molecule has 1 unspecified atom stereocenters. The highest BCUT2D eigenvalue weighted by molar-refractivity contribution is 7.80. The van der Waals surface area contributed by atoms with Gasteiger partial charge >= 0.3 is 0 Å². The number of carbonyl (C=O) groups excluding carboxylic acids is 2. The van der Waals surface area contributed by atoms with E-state index in [0.717, 1.165) is 37.9 Å². The lowest BCUT2D eigenvalue weighted by Crippen LogP contribution is -2.50. The number of aryl methyl sites for hydroxylation is 1. The van der Waals surface area contributed by atoms with Crippen molar-refractivity contribution in [3.63, 3.8) is 0 Å². The molecule has 1 aliphatic heterocycles. The van der Waals surface area contributed by atoms with Crippen LogP contribution >= 0.6 is 12.2 Å². The fourth-order valence-electron chi connectivity index (χ4n) is 3.60. The summed E-state index contributed by atoms with van der Waals surface area (Å²) in [6.07, 6.45) is 4.24. The quantitative estimate of drug-likeness (QED) is 0.274. The molecule has 0 aliphatic carbocycles. The third-order valence-electron chi connectivity index (χ3n) is 5.28. The van der Waals surface area contributed by atoms with E-state index in [-0.39, 0.29) is 6.04 Å². The van der Waals surface area contributed by atoms with Gasteiger partial charge in [-0.2, -0.15) is 0 Å². The predicted octanol–water partition coefficient (Wildman–Crippen LogP) is 4.24.